The Balaban J connectivity index is 1.83. The molecule has 106 valence electrons. The molecule has 0 amide bonds. The highest BCUT2D eigenvalue weighted by molar-refractivity contribution is 5.80. The maximum absolute atomic E-state index is 5.86. The minimum atomic E-state index is 0.149. The van der Waals surface area contributed by atoms with Crippen LogP contribution >= 0.6 is 0 Å². The molecule has 0 saturated carbocycles. The van der Waals surface area contributed by atoms with Gasteiger partial charge in [-0.1, -0.05) is 6.07 Å². The van der Waals surface area contributed by atoms with E-state index in [2.05, 4.69) is 26.1 Å². The minimum Gasteiger partial charge on any atom is -0.472 e. The van der Waals surface area contributed by atoms with E-state index in [9.17, 15) is 0 Å². The molecule has 0 spiro atoms. The summed E-state index contributed by atoms with van der Waals surface area (Å²) in [6.07, 6.45) is 8.79. The smallest absolute Gasteiger partial charge is 0.213 e. The molecule has 1 aromatic heterocycles. The van der Waals surface area contributed by atoms with Crippen LogP contribution in [0.1, 0.15) is 12.8 Å². The van der Waals surface area contributed by atoms with Crippen molar-refractivity contribution in [2.45, 2.75) is 18.9 Å². The van der Waals surface area contributed by atoms with Crippen molar-refractivity contribution in [2.75, 3.05) is 26.7 Å². The zero-order valence-corrected chi connectivity index (χ0v) is 11.7. The van der Waals surface area contributed by atoms with Gasteiger partial charge in [-0.15, -0.1) is 12.3 Å². The highest BCUT2D eigenvalue weighted by Crippen LogP contribution is 2.16. The number of aliphatic imine (C=N–C) groups is 1. The van der Waals surface area contributed by atoms with Crippen molar-refractivity contribution in [1.29, 1.82) is 0 Å². The molecule has 0 aromatic carbocycles. The van der Waals surface area contributed by atoms with Crippen molar-refractivity contribution in [2.24, 2.45) is 4.99 Å². The first-order valence-electron chi connectivity index (χ1n) is 6.80. The molecule has 1 N–H and O–H groups in total. The Bertz CT molecular complexity index is 480. The minimum absolute atomic E-state index is 0.149. The Morgan fingerprint density at radius 1 is 1.65 bits per heavy atom. The zero-order valence-electron chi connectivity index (χ0n) is 11.7. The standard InChI is InChI=1S/C15H20N4O/c1-3-4-9-18-15(16-2)19-11-8-13(12-19)20-14-7-5-6-10-17-14/h1,5-7,10,13H,4,8-9,11-12H2,2H3,(H,16,18). The van der Waals surface area contributed by atoms with Crippen LogP contribution in [0.2, 0.25) is 0 Å². The number of terminal acetylenes is 1. The molecule has 2 rings (SSSR count). The summed E-state index contributed by atoms with van der Waals surface area (Å²) in [6, 6.07) is 5.68. The number of hydrogen-bond acceptors (Lipinski definition) is 3. The number of ether oxygens (including phenoxy) is 1. The van der Waals surface area contributed by atoms with E-state index in [4.69, 9.17) is 11.2 Å². The lowest BCUT2D eigenvalue weighted by molar-refractivity contribution is 0.205. The summed E-state index contributed by atoms with van der Waals surface area (Å²) < 4.78 is 5.86. The van der Waals surface area contributed by atoms with Gasteiger partial charge < -0.3 is 15.0 Å². The lowest BCUT2D eigenvalue weighted by Gasteiger charge is -2.21. The van der Waals surface area contributed by atoms with Crippen molar-refractivity contribution >= 4 is 5.96 Å². The van der Waals surface area contributed by atoms with Gasteiger partial charge in [0.25, 0.3) is 0 Å². The third-order valence-electron chi connectivity index (χ3n) is 3.13. The van der Waals surface area contributed by atoms with E-state index in [1.165, 1.54) is 0 Å². The molecule has 1 aliphatic rings. The van der Waals surface area contributed by atoms with E-state index in [0.29, 0.717) is 12.3 Å². The fraction of sp³-hybridized carbons (Fsp3) is 0.467. The van der Waals surface area contributed by atoms with E-state index in [0.717, 1.165) is 32.0 Å². The third kappa shape index (κ3) is 3.89. The van der Waals surface area contributed by atoms with Gasteiger partial charge in [0.1, 0.15) is 6.10 Å². The molecule has 5 heteroatoms. The molecular weight excluding hydrogens is 252 g/mol. The third-order valence-corrected chi connectivity index (χ3v) is 3.13. The summed E-state index contributed by atoms with van der Waals surface area (Å²) in [5.74, 6) is 4.17. The van der Waals surface area contributed by atoms with Crippen LogP contribution in [0.15, 0.2) is 29.4 Å². The van der Waals surface area contributed by atoms with Crippen LogP contribution in [-0.2, 0) is 0 Å². The molecule has 0 aliphatic carbocycles. The first-order valence-corrected chi connectivity index (χ1v) is 6.80. The number of likely N-dealkylation sites (tertiary alicyclic amines) is 1. The second kappa shape index (κ2) is 7.39. The van der Waals surface area contributed by atoms with Crippen molar-refractivity contribution in [3.8, 4) is 18.2 Å². The highest BCUT2D eigenvalue weighted by atomic mass is 16.5. The maximum atomic E-state index is 5.86. The van der Waals surface area contributed by atoms with Gasteiger partial charge in [-0.05, 0) is 6.07 Å². The SMILES string of the molecule is C#CCCNC(=NC)N1CCC(Oc2ccccn2)C1. The van der Waals surface area contributed by atoms with Crippen molar-refractivity contribution in [3.63, 3.8) is 0 Å². The number of nitrogens with zero attached hydrogens (tertiary/aromatic N) is 3. The first kappa shape index (κ1) is 14.2. The fourth-order valence-electron chi connectivity index (χ4n) is 2.18. The molecule has 1 unspecified atom stereocenters. The molecule has 1 atom stereocenters. The molecule has 20 heavy (non-hydrogen) atoms. The van der Waals surface area contributed by atoms with Crippen molar-refractivity contribution in [3.05, 3.63) is 24.4 Å². The van der Waals surface area contributed by atoms with E-state index in [-0.39, 0.29) is 6.10 Å². The Hall–Kier alpha value is -2.22. The van der Waals surface area contributed by atoms with E-state index >= 15 is 0 Å². The van der Waals surface area contributed by atoms with Crippen LogP contribution in [0.5, 0.6) is 5.88 Å². The Labute approximate surface area is 120 Å². The normalized spacial score (nSPS) is 18.7. The van der Waals surface area contributed by atoms with Crippen LogP contribution in [0.25, 0.3) is 0 Å². The molecular formula is C15H20N4O. The largest absolute Gasteiger partial charge is 0.472 e. The summed E-state index contributed by atoms with van der Waals surface area (Å²) in [5, 5.41) is 3.26. The van der Waals surface area contributed by atoms with Crippen molar-refractivity contribution < 1.29 is 4.74 Å². The lowest BCUT2D eigenvalue weighted by atomic mass is 10.3. The number of guanidine groups is 1. The number of nitrogens with one attached hydrogen (secondary N) is 1. The monoisotopic (exact) mass is 272 g/mol. The quantitative estimate of drug-likeness (QED) is 0.386. The predicted molar refractivity (Wildman–Crippen MR) is 79.7 cm³/mol. The zero-order chi connectivity index (χ0) is 14.2. The lowest BCUT2D eigenvalue weighted by Crippen LogP contribution is -2.41. The Kier molecular flexibility index (Phi) is 5.24. The molecule has 1 saturated heterocycles. The van der Waals surface area contributed by atoms with Crippen molar-refractivity contribution in [1.82, 2.24) is 15.2 Å². The molecule has 5 nitrogen and oxygen atoms in total. The number of hydrogen-bond donors (Lipinski definition) is 1. The Morgan fingerprint density at radius 2 is 2.55 bits per heavy atom. The second-order valence-corrected chi connectivity index (χ2v) is 4.57. The average Bonchev–Trinajstić information content (AvgIpc) is 2.93. The maximum Gasteiger partial charge on any atom is 0.213 e. The summed E-state index contributed by atoms with van der Waals surface area (Å²) in [6.45, 7) is 2.48. The van der Waals surface area contributed by atoms with Crippen LogP contribution in [0.3, 0.4) is 0 Å². The van der Waals surface area contributed by atoms with E-state index in [1.807, 2.05) is 18.2 Å². The second-order valence-electron chi connectivity index (χ2n) is 4.57. The highest BCUT2D eigenvalue weighted by Gasteiger charge is 2.26. The van der Waals surface area contributed by atoms with Crippen LogP contribution in [0.4, 0.5) is 0 Å². The van der Waals surface area contributed by atoms with Gasteiger partial charge in [-0.3, -0.25) is 4.99 Å². The molecule has 1 aromatic rings. The van der Waals surface area contributed by atoms with Gasteiger partial charge in [-0.25, -0.2) is 4.98 Å². The summed E-state index contributed by atoms with van der Waals surface area (Å²) in [7, 11) is 1.78. The van der Waals surface area contributed by atoms with Crippen LogP contribution in [0, 0.1) is 12.3 Å². The predicted octanol–water partition coefficient (Wildman–Crippen LogP) is 1.13. The summed E-state index contributed by atoms with van der Waals surface area (Å²) >= 11 is 0. The molecule has 0 radical (unpaired) electrons. The average molecular weight is 272 g/mol. The summed E-state index contributed by atoms with van der Waals surface area (Å²) in [5.41, 5.74) is 0. The van der Waals surface area contributed by atoms with Gasteiger partial charge in [-0.2, -0.15) is 0 Å². The van der Waals surface area contributed by atoms with E-state index in [1.54, 1.807) is 13.2 Å². The Morgan fingerprint density at radius 3 is 3.25 bits per heavy atom. The van der Waals surface area contributed by atoms with Gasteiger partial charge >= 0.3 is 0 Å². The molecule has 2 heterocycles. The fourth-order valence-corrected chi connectivity index (χ4v) is 2.18. The van der Waals surface area contributed by atoms with Crippen LogP contribution in [-0.4, -0.2) is 48.6 Å². The first-order chi connectivity index (χ1) is 9.83. The van der Waals surface area contributed by atoms with Gasteiger partial charge in [0, 0.05) is 45.2 Å². The van der Waals surface area contributed by atoms with Gasteiger partial charge in [0.15, 0.2) is 5.96 Å². The number of pyridine rings is 1. The molecule has 1 aliphatic heterocycles. The number of rotatable bonds is 4. The van der Waals surface area contributed by atoms with Crippen LogP contribution < -0.4 is 10.1 Å². The van der Waals surface area contributed by atoms with Gasteiger partial charge in [0.2, 0.25) is 5.88 Å². The topological polar surface area (TPSA) is 49.8 Å². The molecule has 0 bridgehead atoms. The summed E-state index contributed by atoms with van der Waals surface area (Å²) in [4.78, 5) is 10.6. The number of aromatic nitrogens is 1. The van der Waals surface area contributed by atoms with E-state index < -0.39 is 0 Å². The molecule has 1 fully saturated rings. The van der Waals surface area contributed by atoms with Gasteiger partial charge in [0.05, 0.1) is 6.54 Å².